The fourth-order valence-electron chi connectivity index (χ4n) is 3.65. The maximum atomic E-state index is 5.70. The van der Waals surface area contributed by atoms with E-state index in [9.17, 15) is 0 Å². The largest absolute Gasteiger partial charge is 0.353 e. The Balaban J connectivity index is 1.84. The molecule has 98 valence electrons. The van der Waals surface area contributed by atoms with Crippen LogP contribution < -0.4 is 10.6 Å². The number of rotatable bonds is 2. The zero-order chi connectivity index (χ0) is 12.4. The Morgan fingerprint density at radius 2 is 2.00 bits per heavy atom. The molecule has 2 unspecified atom stereocenters. The summed E-state index contributed by atoms with van der Waals surface area (Å²) in [6, 6.07) is 6.99. The lowest BCUT2D eigenvalue weighted by molar-refractivity contribution is 0.242. The van der Waals surface area contributed by atoms with Gasteiger partial charge >= 0.3 is 0 Å². The van der Waals surface area contributed by atoms with Gasteiger partial charge in [-0.05, 0) is 43.7 Å². The molecule has 0 amide bonds. The maximum Gasteiger partial charge on any atom is 0.129 e. The third-order valence-electron chi connectivity index (χ3n) is 4.54. The van der Waals surface area contributed by atoms with Gasteiger partial charge in [-0.15, -0.1) is 0 Å². The SMILES string of the molecule is NCc1cccc(N2CCCC3CCCCC32)n1. The quantitative estimate of drug-likeness (QED) is 0.871. The first-order chi connectivity index (χ1) is 8.88. The number of hydrogen-bond donors (Lipinski definition) is 1. The molecule has 1 saturated heterocycles. The molecule has 3 rings (SSSR count). The van der Waals surface area contributed by atoms with Crippen molar-refractivity contribution in [3.05, 3.63) is 23.9 Å². The Morgan fingerprint density at radius 3 is 2.89 bits per heavy atom. The van der Waals surface area contributed by atoms with E-state index in [1.54, 1.807) is 0 Å². The van der Waals surface area contributed by atoms with Gasteiger partial charge in [-0.25, -0.2) is 4.98 Å². The molecule has 0 bridgehead atoms. The predicted molar refractivity (Wildman–Crippen MR) is 74.5 cm³/mol. The van der Waals surface area contributed by atoms with Crippen molar-refractivity contribution < 1.29 is 0 Å². The topological polar surface area (TPSA) is 42.1 Å². The van der Waals surface area contributed by atoms with Crippen LogP contribution in [-0.2, 0) is 6.54 Å². The summed E-state index contributed by atoms with van der Waals surface area (Å²) in [5.74, 6) is 2.05. The van der Waals surface area contributed by atoms with Crippen molar-refractivity contribution in [2.75, 3.05) is 11.4 Å². The van der Waals surface area contributed by atoms with Gasteiger partial charge in [0.2, 0.25) is 0 Å². The average Bonchev–Trinajstić information content (AvgIpc) is 2.47. The summed E-state index contributed by atoms with van der Waals surface area (Å²) in [6.07, 6.45) is 8.30. The van der Waals surface area contributed by atoms with E-state index in [4.69, 9.17) is 10.7 Å². The van der Waals surface area contributed by atoms with Crippen molar-refractivity contribution in [1.82, 2.24) is 4.98 Å². The average molecular weight is 245 g/mol. The van der Waals surface area contributed by atoms with Crippen LogP contribution in [0.3, 0.4) is 0 Å². The van der Waals surface area contributed by atoms with Gasteiger partial charge in [0, 0.05) is 19.1 Å². The molecule has 2 fully saturated rings. The first-order valence-corrected chi connectivity index (χ1v) is 7.31. The number of hydrogen-bond acceptors (Lipinski definition) is 3. The summed E-state index contributed by atoms with van der Waals surface area (Å²) in [5, 5.41) is 0. The Hall–Kier alpha value is -1.09. The van der Waals surface area contributed by atoms with E-state index in [1.807, 2.05) is 6.07 Å². The second-order valence-corrected chi connectivity index (χ2v) is 5.64. The molecular weight excluding hydrogens is 222 g/mol. The number of piperidine rings is 1. The molecule has 2 N–H and O–H groups in total. The van der Waals surface area contributed by atoms with Crippen LogP contribution in [0.2, 0.25) is 0 Å². The molecule has 0 spiro atoms. The van der Waals surface area contributed by atoms with Crippen molar-refractivity contribution in [3.8, 4) is 0 Å². The monoisotopic (exact) mass is 245 g/mol. The van der Waals surface area contributed by atoms with Crippen LogP contribution in [0.5, 0.6) is 0 Å². The van der Waals surface area contributed by atoms with Crippen molar-refractivity contribution in [1.29, 1.82) is 0 Å². The van der Waals surface area contributed by atoms with E-state index < -0.39 is 0 Å². The second kappa shape index (κ2) is 5.27. The van der Waals surface area contributed by atoms with Crippen molar-refractivity contribution in [2.45, 2.75) is 51.1 Å². The van der Waals surface area contributed by atoms with E-state index in [2.05, 4.69) is 17.0 Å². The minimum Gasteiger partial charge on any atom is -0.353 e. The summed E-state index contributed by atoms with van der Waals surface area (Å²) in [7, 11) is 0. The Bertz CT molecular complexity index is 402. The van der Waals surface area contributed by atoms with Gasteiger partial charge in [0.15, 0.2) is 0 Å². The molecule has 1 aliphatic heterocycles. The van der Waals surface area contributed by atoms with E-state index in [1.165, 1.54) is 45.1 Å². The molecule has 3 nitrogen and oxygen atoms in total. The van der Waals surface area contributed by atoms with E-state index in [0.29, 0.717) is 6.54 Å². The molecular formula is C15H23N3. The molecule has 2 atom stereocenters. The van der Waals surface area contributed by atoms with Crippen molar-refractivity contribution in [2.24, 2.45) is 11.7 Å². The fourth-order valence-corrected chi connectivity index (χ4v) is 3.65. The number of nitrogens with zero attached hydrogens (tertiary/aromatic N) is 2. The highest BCUT2D eigenvalue weighted by Crippen LogP contribution is 2.37. The maximum absolute atomic E-state index is 5.70. The van der Waals surface area contributed by atoms with Gasteiger partial charge in [-0.3, -0.25) is 0 Å². The van der Waals surface area contributed by atoms with Gasteiger partial charge in [0.1, 0.15) is 5.82 Å². The summed E-state index contributed by atoms with van der Waals surface area (Å²) >= 11 is 0. The van der Waals surface area contributed by atoms with Gasteiger partial charge in [-0.1, -0.05) is 18.9 Å². The predicted octanol–water partition coefficient (Wildman–Crippen LogP) is 2.70. The summed E-state index contributed by atoms with van der Waals surface area (Å²) < 4.78 is 0. The summed E-state index contributed by atoms with van der Waals surface area (Å²) in [4.78, 5) is 7.25. The van der Waals surface area contributed by atoms with Crippen LogP contribution >= 0.6 is 0 Å². The molecule has 1 aromatic heterocycles. The van der Waals surface area contributed by atoms with Crippen LogP contribution in [0.15, 0.2) is 18.2 Å². The molecule has 1 saturated carbocycles. The van der Waals surface area contributed by atoms with Gasteiger partial charge in [0.25, 0.3) is 0 Å². The second-order valence-electron chi connectivity index (χ2n) is 5.64. The minimum absolute atomic E-state index is 0.537. The van der Waals surface area contributed by atoms with Crippen LogP contribution in [0.1, 0.15) is 44.2 Å². The lowest BCUT2D eigenvalue weighted by Gasteiger charge is -2.44. The van der Waals surface area contributed by atoms with Gasteiger partial charge in [-0.2, -0.15) is 0 Å². The standard InChI is InChI=1S/C15H23N3/c16-11-13-7-3-9-15(17-13)18-10-4-6-12-5-1-2-8-14(12)18/h3,7,9,12,14H,1-2,4-6,8,10-11,16H2. The molecule has 1 aliphatic carbocycles. The molecule has 2 aliphatic rings. The first kappa shape index (κ1) is 12.0. The number of nitrogens with two attached hydrogens (primary N) is 1. The van der Waals surface area contributed by atoms with E-state index >= 15 is 0 Å². The zero-order valence-corrected chi connectivity index (χ0v) is 11.0. The van der Waals surface area contributed by atoms with Gasteiger partial charge in [0.05, 0.1) is 5.69 Å². The van der Waals surface area contributed by atoms with Crippen LogP contribution in [0.4, 0.5) is 5.82 Å². The highest BCUT2D eigenvalue weighted by atomic mass is 15.2. The molecule has 3 heteroatoms. The highest BCUT2D eigenvalue weighted by molar-refractivity contribution is 5.41. The smallest absolute Gasteiger partial charge is 0.129 e. The van der Waals surface area contributed by atoms with E-state index in [0.717, 1.165) is 23.5 Å². The Morgan fingerprint density at radius 1 is 1.17 bits per heavy atom. The lowest BCUT2D eigenvalue weighted by Crippen LogP contribution is -2.47. The Labute approximate surface area is 109 Å². The van der Waals surface area contributed by atoms with Crippen LogP contribution in [0, 0.1) is 5.92 Å². The van der Waals surface area contributed by atoms with Crippen molar-refractivity contribution in [3.63, 3.8) is 0 Å². The van der Waals surface area contributed by atoms with Crippen LogP contribution in [0.25, 0.3) is 0 Å². The normalized spacial score (nSPS) is 27.9. The third-order valence-corrected chi connectivity index (χ3v) is 4.54. The first-order valence-electron chi connectivity index (χ1n) is 7.31. The molecule has 0 aromatic carbocycles. The van der Waals surface area contributed by atoms with Crippen molar-refractivity contribution >= 4 is 5.82 Å². The summed E-state index contributed by atoms with van der Waals surface area (Å²) in [6.45, 7) is 1.71. The molecule has 18 heavy (non-hydrogen) atoms. The lowest BCUT2D eigenvalue weighted by atomic mass is 9.78. The third kappa shape index (κ3) is 2.24. The summed E-state index contributed by atoms with van der Waals surface area (Å²) in [5.41, 5.74) is 6.70. The van der Waals surface area contributed by atoms with E-state index in [-0.39, 0.29) is 0 Å². The Kier molecular flexibility index (Phi) is 3.50. The number of anilines is 1. The number of pyridine rings is 1. The molecule has 0 radical (unpaired) electrons. The number of aromatic nitrogens is 1. The van der Waals surface area contributed by atoms with Gasteiger partial charge < -0.3 is 10.6 Å². The highest BCUT2D eigenvalue weighted by Gasteiger charge is 2.33. The van der Waals surface area contributed by atoms with Crippen LogP contribution in [-0.4, -0.2) is 17.6 Å². The molecule has 2 heterocycles. The molecule has 1 aromatic rings. The number of fused-ring (bicyclic) bond motifs is 1. The zero-order valence-electron chi connectivity index (χ0n) is 11.0. The minimum atomic E-state index is 0.537. The fraction of sp³-hybridized carbons (Fsp3) is 0.667.